The Bertz CT molecular complexity index is 587. The van der Waals surface area contributed by atoms with E-state index in [1.807, 2.05) is 0 Å². The van der Waals surface area contributed by atoms with Crippen LogP contribution in [0.25, 0.3) is 0 Å². The predicted octanol–water partition coefficient (Wildman–Crippen LogP) is 2.67. The molecule has 0 radical (unpaired) electrons. The molecule has 0 spiro atoms. The maximum Gasteiger partial charge on any atom is 0.244 e. The van der Waals surface area contributed by atoms with Crippen molar-refractivity contribution in [1.29, 1.82) is 0 Å². The van der Waals surface area contributed by atoms with E-state index in [0.717, 1.165) is 31.6 Å². The van der Waals surface area contributed by atoms with Crippen LogP contribution in [0.4, 0.5) is 0 Å². The lowest BCUT2D eigenvalue weighted by molar-refractivity contribution is 0.300. The maximum absolute atomic E-state index is 12.4. The Morgan fingerprint density at radius 2 is 1.91 bits per heavy atom. The summed E-state index contributed by atoms with van der Waals surface area (Å²) in [5.74, 6) is 0.304. The van der Waals surface area contributed by atoms with Crippen LogP contribution in [0.3, 0.4) is 0 Å². The van der Waals surface area contributed by atoms with Crippen LogP contribution in [0.15, 0.2) is 17.0 Å². The number of hydrogen-bond donors (Lipinski definition) is 1. The molecule has 0 saturated heterocycles. The van der Waals surface area contributed by atoms with Crippen molar-refractivity contribution < 1.29 is 13.2 Å². The van der Waals surface area contributed by atoms with Crippen LogP contribution in [0, 0.1) is 6.92 Å². The van der Waals surface area contributed by atoms with Crippen LogP contribution in [0.1, 0.15) is 25.8 Å². The first kappa shape index (κ1) is 19.2. The van der Waals surface area contributed by atoms with Gasteiger partial charge in [-0.05, 0) is 50.7 Å². The number of nitrogens with one attached hydrogen (secondary N) is 1. The lowest BCUT2D eigenvalue weighted by Crippen LogP contribution is -2.30. The molecule has 22 heavy (non-hydrogen) atoms. The molecule has 0 amide bonds. The largest absolute Gasteiger partial charge is 0.495 e. The van der Waals surface area contributed by atoms with Crippen molar-refractivity contribution in [2.24, 2.45) is 0 Å². The Labute approximate surface area is 138 Å². The molecule has 1 aromatic carbocycles. The zero-order valence-electron chi connectivity index (χ0n) is 13.6. The molecule has 1 rings (SSSR count). The molecular formula is C15H25ClN2O3S. The van der Waals surface area contributed by atoms with Gasteiger partial charge in [-0.3, -0.25) is 0 Å². The average Bonchev–Trinajstić information content (AvgIpc) is 2.49. The highest BCUT2D eigenvalue weighted by Gasteiger charge is 2.20. The Kier molecular flexibility index (Phi) is 7.62. The Hall–Kier alpha value is -0.820. The molecule has 0 aliphatic carbocycles. The van der Waals surface area contributed by atoms with Crippen LogP contribution in [-0.4, -0.2) is 46.6 Å². The maximum atomic E-state index is 12.4. The molecule has 1 aromatic rings. The molecule has 0 atom stereocenters. The summed E-state index contributed by atoms with van der Waals surface area (Å²) in [6.45, 7) is 9.16. The van der Waals surface area contributed by atoms with Gasteiger partial charge in [0.05, 0.1) is 7.11 Å². The number of methoxy groups -OCH3 is 1. The van der Waals surface area contributed by atoms with Gasteiger partial charge in [-0.1, -0.05) is 25.4 Å². The minimum Gasteiger partial charge on any atom is -0.495 e. The van der Waals surface area contributed by atoms with E-state index in [9.17, 15) is 8.42 Å². The average molecular weight is 349 g/mol. The summed E-state index contributed by atoms with van der Waals surface area (Å²) < 4.78 is 32.6. The first-order valence-electron chi connectivity index (χ1n) is 7.41. The normalized spacial score (nSPS) is 11.9. The van der Waals surface area contributed by atoms with Gasteiger partial charge in [-0.15, -0.1) is 0 Å². The fourth-order valence-electron chi connectivity index (χ4n) is 2.13. The van der Waals surface area contributed by atoms with Gasteiger partial charge in [-0.25, -0.2) is 13.1 Å². The number of hydrogen-bond acceptors (Lipinski definition) is 4. The zero-order chi connectivity index (χ0) is 16.8. The fraction of sp³-hybridized carbons (Fsp3) is 0.600. The fourth-order valence-corrected chi connectivity index (χ4v) is 3.61. The lowest BCUT2D eigenvalue weighted by Gasteiger charge is -2.18. The summed E-state index contributed by atoms with van der Waals surface area (Å²) in [5.41, 5.74) is 0.777. The molecule has 5 nitrogen and oxygen atoms in total. The van der Waals surface area contributed by atoms with E-state index in [-0.39, 0.29) is 4.90 Å². The molecule has 7 heteroatoms. The summed E-state index contributed by atoms with van der Waals surface area (Å²) >= 11 is 6.03. The van der Waals surface area contributed by atoms with E-state index >= 15 is 0 Å². The molecule has 0 aliphatic rings. The summed E-state index contributed by atoms with van der Waals surface area (Å²) in [6, 6.07) is 3.06. The first-order valence-corrected chi connectivity index (χ1v) is 9.28. The topological polar surface area (TPSA) is 58.6 Å². The monoisotopic (exact) mass is 348 g/mol. The third-order valence-electron chi connectivity index (χ3n) is 3.57. The highest BCUT2D eigenvalue weighted by Crippen LogP contribution is 2.29. The Morgan fingerprint density at radius 3 is 2.45 bits per heavy atom. The van der Waals surface area contributed by atoms with E-state index in [0.29, 0.717) is 17.3 Å². The van der Waals surface area contributed by atoms with E-state index in [1.54, 1.807) is 13.0 Å². The zero-order valence-corrected chi connectivity index (χ0v) is 15.2. The number of sulfonamides is 1. The minimum absolute atomic E-state index is 0.0773. The van der Waals surface area contributed by atoms with Gasteiger partial charge < -0.3 is 9.64 Å². The van der Waals surface area contributed by atoms with Gasteiger partial charge in [0.25, 0.3) is 0 Å². The van der Waals surface area contributed by atoms with Crippen LogP contribution < -0.4 is 9.46 Å². The highest BCUT2D eigenvalue weighted by molar-refractivity contribution is 7.89. The van der Waals surface area contributed by atoms with Gasteiger partial charge >= 0.3 is 0 Å². The van der Waals surface area contributed by atoms with E-state index in [4.69, 9.17) is 16.3 Å². The third-order valence-corrected chi connectivity index (χ3v) is 5.46. The molecular weight excluding hydrogens is 324 g/mol. The standard InChI is InChI=1S/C15H25ClN2O3S/c1-5-18(6-2)9-7-8-17-22(19,20)15-11-13(16)12(3)10-14(15)21-4/h10-11,17H,5-9H2,1-4H3. The van der Waals surface area contributed by atoms with Crippen molar-refractivity contribution in [3.63, 3.8) is 0 Å². The molecule has 0 aromatic heterocycles. The number of ether oxygens (including phenoxy) is 1. The van der Waals surface area contributed by atoms with Crippen molar-refractivity contribution in [3.8, 4) is 5.75 Å². The highest BCUT2D eigenvalue weighted by atomic mass is 35.5. The van der Waals surface area contributed by atoms with Crippen LogP contribution in [0.5, 0.6) is 5.75 Å². The lowest BCUT2D eigenvalue weighted by atomic mass is 10.2. The van der Waals surface area contributed by atoms with E-state index < -0.39 is 10.0 Å². The van der Waals surface area contributed by atoms with E-state index in [1.165, 1.54) is 13.2 Å². The van der Waals surface area contributed by atoms with Gasteiger partial charge in [0.2, 0.25) is 10.0 Å². The Balaban J connectivity index is 2.77. The SMILES string of the molecule is CCN(CC)CCCNS(=O)(=O)c1cc(Cl)c(C)cc1OC. The molecule has 0 heterocycles. The number of nitrogens with zero attached hydrogens (tertiary/aromatic N) is 1. The summed E-state index contributed by atoms with van der Waals surface area (Å²) in [7, 11) is -2.19. The second-order valence-electron chi connectivity index (χ2n) is 5.03. The Morgan fingerprint density at radius 1 is 1.27 bits per heavy atom. The summed E-state index contributed by atoms with van der Waals surface area (Å²) in [4.78, 5) is 2.32. The molecule has 0 aliphatic heterocycles. The van der Waals surface area contributed by atoms with Crippen molar-refractivity contribution in [2.45, 2.75) is 32.1 Å². The minimum atomic E-state index is -3.63. The van der Waals surface area contributed by atoms with Crippen LogP contribution >= 0.6 is 11.6 Å². The number of rotatable bonds is 9. The molecule has 0 unspecified atom stereocenters. The third kappa shape index (κ3) is 5.12. The summed E-state index contributed by atoms with van der Waals surface area (Å²) in [6.07, 6.45) is 0.753. The molecule has 126 valence electrons. The summed E-state index contributed by atoms with van der Waals surface area (Å²) in [5, 5.41) is 0.407. The number of benzene rings is 1. The second-order valence-corrected chi connectivity index (χ2v) is 7.17. The van der Waals surface area contributed by atoms with Crippen LogP contribution in [0.2, 0.25) is 5.02 Å². The van der Waals surface area contributed by atoms with Gasteiger partial charge in [-0.2, -0.15) is 0 Å². The predicted molar refractivity (Wildman–Crippen MR) is 90.3 cm³/mol. The molecule has 0 saturated carbocycles. The van der Waals surface area contributed by atoms with Crippen molar-refractivity contribution in [2.75, 3.05) is 33.3 Å². The van der Waals surface area contributed by atoms with Crippen molar-refractivity contribution >= 4 is 21.6 Å². The van der Waals surface area contributed by atoms with Gasteiger partial charge in [0.15, 0.2) is 0 Å². The molecule has 1 N–H and O–H groups in total. The van der Waals surface area contributed by atoms with Gasteiger partial charge in [0.1, 0.15) is 10.6 Å². The quantitative estimate of drug-likeness (QED) is 0.697. The number of halogens is 1. The number of aryl methyl sites for hydroxylation is 1. The first-order chi connectivity index (χ1) is 10.4. The van der Waals surface area contributed by atoms with Crippen LogP contribution in [-0.2, 0) is 10.0 Å². The van der Waals surface area contributed by atoms with E-state index in [2.05, 4.69) is 23.5 Å². The van der Waals surface area contributed by atoms with Crippen molar-refractivity contribution in [3.05, 3.63) is 22.7 Å². The van der Waals surface area contributed by atoms with Gasteiger partial charge in [0, 0.05) is 11.6 Å². The smallest absolute Gasteiger partial charge is 0.244 e. The molecule has 0 fully saturated rings. The van der Waals surface area contributed by atoms with Crippen molar-refractivity contribution in [1.82, 2.24) is 9.62 Å². The molecule has 0 bridgehead atoms. The second kappa shape index (κ2) is 8.72.